The van der Waals surface area contributed by atoms with Gasteiger partial charge in [-0.2, -0.15) is 0 Å². The molecule has 0 bridgehead atoms. The molecule has 3 fully saturated rings. The highest BCUT2D eigenvalue weighted by molar-refractivity contribution is 6.01. The van der Waals surface area contributed by atoms with Crippen molar-refractivity contribution >= 4 is 11.6 Å². The second-order valence-electron chi connectivity index (χ2n) is 9.62. The Labute approximate surface area is 154 Å². The van der Waals surface area contributed by atoms with Gasteiger partial charge in [0.2, 0.25) is 0 Å². The minimum atomic E-state index is -1.79. The molecule has 142 valence electrons. The Morgan fingerprint density at radius 1 is 1.27 bits per heavy atom. The van der Waals surface area contributed by atoms with Gasteiger partial charge in [-0.3, -0.25) is 9.59 Å². The fourth-order valence-electron chi connectivity index (χ4n) is 7.27. The van der Waals surface area contributed by atoms with E-state index in [4.69, 9.17) is 0 Å². The molecule has 0 aromatic heterocycles. The Kier molecular flexibility index (Phi) is 3.74. The third kappa shape index (κ3) is 1.97. The standard InChI is InChI=1S/C22H29FO3/c1-12-9-18-16-6-5-15(13(2)24)20(16,3)11-19(26)22(18,23)21(4)8-7-14(25)10-17(12)21/h7-8,10,12,15-16,18-19,26H,5-6,9,11H2,1-4H3/t12-,15+,16-,18-,19-,20+,21-,22-/m0/s1. The summed E-state index contributed by atoms with van der Waals surface area (Å²) in [5, 5.41) is 11.1. The summed E-state index contributed by atoms with van der Waals surface area (Å²) in [6, 6.07) is 0. The van der Waals surface area contributed by atoms with Crippen molar-refractivity contribution in [1.82, 2.24) is 0 Å². The Morgan fingerprint density at radius 3 is 2.62 bits per heavy atom. The first-order chi connectivity index (χ1) is 12.1. The number of fused-ring (bicyclic) bond motifs is 5. The number of carbonyl (C=O) groups is 2. The third-order valence-corrected chi connectivity index (χ3v) is 8.46. The minimum Gasteiger partial charge on any atom is -0.390 e. The number of halogens is 1. The molecule has 0 radical (unpaired) electrons. The molecule has 0 aromatic rings. The van der Waals surface area contributed by atoms with E-state index in [0.717, 1.165) is 18.4 Å². The molecule has 0 unspecified atom stereocenters. The molecule has 0 aromatic carbocycles. The highest BCUT2D eigenvalue weighted by atomic mass is 19.1. The van der Waals surface area contributed by atoms with Crippen molar-refractivity contribution < 1.29 is 19.1 Å². The number of allylic oxidation sites excluding steroid dienone is 4. The van der Waals surface area contributed by atoms with E-state index in [0.29, 0.717) is 12.8 Å². The number of aliphatic hydroxyl groups excluding tert-OH is 1. The first-order valence-electron chi connectivity index (χ1n) is 9.88. The van der Waals surface area contributed by atoms with Crippen LogP contribution in [0.1, 0.15) is 53.4 Å². The maximum atomic E-state index is 16.8. The van der Waals surface area contributed by atoms with Crippen LogP contribution < -0.4 is 0 Å². The quantitative estimate of drug-likeness (QED) is 0.774. The van der Waals surface area contributed by atoms with Gasteiger partial charge in [-0.05, 0) is 68.9 Å². The molecule has 3 saturated carbocycles. The molecule has 4 aliphatic carbocycles. The minimum absolute atomic E-state index is 0.0878. The van der Waals surface area contributed by atoms with Gasteiger partial charge < -0.3 is 5.11 Å². The van der Waals surface area contributed by atoms with Crippen molar-refractivity contribution in [3.63, 3.8) is 0 Å². The van der Waals surface area contributed by atoms with Crippen LogP contribution in [0.5, 0.6) is 0 Å². The summed E-state index contributed by atoms with van der Waals surface area (Å²) in [5.41, 5.74) is -2.28. The molecular formula is C22H29FO3. The van der Waals surface area contributed by atoms with Crippen molar-refractivity contribution in [2.24, 2.45) is 34.5 Å². The number of aliphatic hydroxyl groups is 1. The number of hydrogen-bond acceptors (Lipinski definition) is 3. The molecule has 4 heteroatoms. The van der Waals surface area contributed by atoms with E-state index in [-0.39, 0.29) is 40.7 Å². The topological polar surface area (TPSA) is 54.4 Å². The molecule has 4 aliphatic rings. The summed E-state index contributed by atoms with van der Waals surface area (Å²) < 4.78 is 16.8. The summed E-state index contributed by atoms with van der Waals surface area (Å²) in [4.78, 5) is 24.1. The molecule has 0 aliphatic heterocycles. The van der Waals surface area contributed by atoms with Gasteiger partial charge in [0.05, 0.1) is 6.10 Å². The zero-order chi connectivity index (χ0) is 19.1. The third-order valence-electron chi connectivity index (χ3n) is 8.46. The zero-order valence-electron chi connectivity index (χ0n) is 16.1. The number of alkyl halides is 1. The van der Waals surface area contributed by atoms with Crippen LogP contribution in [0.15, 0.2) is 23.8 Å². The average Bonchev–Trinajstić information content (AvgIpc) is 2.89. The number of hydrogen-bond donors (Lipinski definition) is 1. The maximum Gasteiger partial charge on any atom is 0.178 e. The molecule has 0 amide bonds. The number of Topliss-reactive ketones (excluding diaryl/α,β-unsaturated/α-hetero) is 1. The van der Waals surface area contributed by atoms with Crippen molar-refractivity contribution in [2.75, 3.05) is 0 Å². The lowest BCUT2D eigenvalue weighted by Crippen LogP contribution is -2.67. The predicted octanol–water partition coefficient (Wildman–Crippen LogP) is 3.81. The van der Waals surface area contributed by atoms with Gasteiger partial charge in [-0.25, -0.2) is 4.39 Å². The van der Waals surface area contributed by atoms with Gasteiger partial charge >= 0.3 is 0 Å². The van der Waals surface area contributed by atoms with E-state index in [9.17, 15) is 14.7 Å². The monoisotopic (exact) mass is 360 g/mol. The molecule has 26 heavy (non-hydrogen) atoms. The largest absolute Gasteiger partial charge is 0.390 e. The van der Waals surface area contributed by atoms with E-state index in [1.54, 1.807) is 19.1 Å². The van der Waals surface area contributed by atoms with E-state index in [2.05, 4.69) is 13.8 Å². The molecule has 3 nitrogen and oxygen atoms in total. The van der Waals surface area contributed by atoms with Crippen LogP contribution in [0.25, 0.3) is 0 Å². The Balaban J connectivity index is 1.84. The number of ketones is 2. The van der Waals surface area contributed by atoms with Crippen LogP contribution >= 0.6 is 0 Å². The summed E-state index contributed by atoms with van der Waals surface area (Å²) in [6.07, 6.45) is 6.16. The molecule has 0 saturated heterocycles. The van der Waals surface area contributed by atoms with Gasteiger partial charge in [-0.15, -0.1) is 0 Å². The van der Waals surface area contributed by atoms with E-state index in [1.807, 2.05) is 6.92 Å². The SMILES string of the molecule is CC(=O)[C@H]1CC[C@H]2[C@@H]3C[C@H](C)C4=CC(=O)C=C[C@]4(C)[C@@]3(F)[C@@H](O)C[C@]12C. The van der Waals surface area contributed by atoms with Crippen molar-refractivity contribution in [1.29, 1.82) is 0 Å². The lowest BCUT2D eigenvalue weighted by molar-refractivity contribution is -0.200. The molecular weight excluding hydrogens is 331 g/mol. The van der Waals surface area contributed by atoms with Gasteiger partial charge in [0, 0.05) is 17.3 Å². The van der Waals surface area contributed by atoms with Crippen LogP contribution in [-0.2, 0) is 9.59 Å². The fourth-order valence-corrected chi connectivity index (χ4v) is 7.27. The van der Waals surface area contributed by atoms with Crippen LogP contribution in [0.4, 0.5) is 4.39 Å². The molecule has 1 N–H and O–H groups in total. The smallest absolute Gasteiger partial charge is 0.178 e. The average molecular weight is 360 g/mol. The van der Waals surface area contributed by atoms with Crippen LogP contribution in [0.2, 0.25) is 0 Å². The van der Waals surface area contributed by atoms with Crippen molar-refractivity contribution in [2.45, 2.75) is 65.2 Å². The van der Waals surface area contributed by atoms with E-state index >= 15 is 4.39 Å². The van der Waals surface area contributed by atoms with Crippen LogP contribution in [0, 0.1) is 34.5 Å². The second kappa shape index (κ2) is 5.37. The lowest BCUT2D eigenvalue weighted by atomic mass is 9.43. The van der Waals surface area contributed by atoms with Gasteiger partial charge in [0.1, 0.15) is 5.78 Å². The summed E-state index contributed by atoms with van der Waals surface area (Å²) in [5.74, 6) is -0.137. The first kappa shape index (κ1) is 18.1. The van der Waals surface area contributed by atoms with Gasteiger partial charge in [0.15, 0.2) is 11.5 Å². The molecule has 8 atom stereocenters. The predicted molar refractivity (Wildman–Crippen MR) is 97.1 cm³/mol. The zero-order valence-corrected chi connectivity index (χ0v) is 16.1. The second-order valence-corrected chi connectivity index (χ2v) is 9.62. The Hall–Kier alpha value is -1.29. The number of rotatable bonds is 1. The molecule has 4 rings (SSSR count). The molecule has 0 spiro atoms. The normalized spacial score (nSPS) is 52.8. The van der Waals surface area contributed by atoms with Crippen LogP contribution in [0.3, 0.4) is 0 Å². The highest BCUT2D eigenvalue weighted by Gasteiger charge is 2.71. The summed E-state index contributed by atoms with van der Waals surface area (Å²) in [7, 11) is 0. The maximum absolute atomic E-state index is 16.8. The first-order valence-corrected chi connectivity index (χ1v) is 9.88. The fraction of sp³-hybridized carbons (Fsp3) is 0.727. The summed E-state index contributed by atoms with van der Waals surface area (Å²) >= 11 is 0. The Bertz CT molecular complexity index is 740. The number of carbonyl (C=O) groups excluding carboxylic acids is 2. The van der Waals surface area contributed by atoms with E-state index < -0.39 is 17.2 Å². The summed E-state index contributed by atoms with van der Waals surface area (Å²) in [6.45, 7) is 7.61. The van der Waals surface area contributed by atoms with Gasteiger partial charge in [-0.1, -0.05) is 25.5 Å². The van der Waals surface area contributed by atoms with Crippen molar-refractivity contribution in [3.05, 3.63) is 23.8 Å². The van der Waals surface area contributed by atoms with Gasteiger partial charge in [0.25, 0.3) is 0 Å². The Morgan fingerprint density at radius 2 is 1.96 bits per heavy atom. The lowest BCUT2D eigenvalue weighted by Gasteiger charge is -2.63. The molecule has 0 heterocycles. The van der Waals surface area contributed by atoms with Crippen molar-refractivity contribution in [3.8, 4) is 0 Å². The highest BCUT2D eigenvalue weighted by Crippen LogP contribution is 2.69. The van der Waals surface area contributed by atoms with E-state index in [1.165, 1.54) is 6.08 Å². The van der Waals surface area contributed by atoms with Crippen LogP contribution in [-0.4, -0.2) is 28.4 Å².